The molecule has 0 aliphatic rings. The number of hydrogen-bond acceptors (Lipinski definition) is 4. The van der Waals surface area contributed by atoms with E-state index < -0.39 is 0 Å². The predicted molar refractivity (Wildman–Crippen MR) is 89.7 cm³/mol. The van der Waals surface area contributed by atoms with Gasteiger partial charge in [0.15, 0.2) is 0 Å². The van der Waals surface area contributed by atoms with Crippen LogP contribution in [0.2, 0.25) is 0 Å². The van der Waals surface area contributed by atoms with E-state index in [2.05, 4.69) is 12.2 Å². The molecular formula is C18H24N2O3. The van der Waals surface area contributed by atoms with Crippen LogP contribution in [-0.2, 0) is 0 Å². The minimum Gasteiger partial charge on any atom is -0.494 e. The van der Waals surface area contributed by atoms with Crippen molar-refractivity contribution in [3.8, 4) is 5.75 Å². The minimum atomic E-state index is -0.106. The summed E-state index contributed by atoms with van der Waals surface area (Å²) in [4.78, 5) is 14.3. The summed E-state index contributed by atoms with van der Waals surface area (Å²) in [6.07, 6.45) is 2.60. The van der Waals surface area contributed by atoms with Crippen LogP contribution in [0.3, 0.4) is 0 Å². The van der Waals surface area contributed by atoms with E-state index in [0.717, 1.165) is 17.9 Å². The Labute approximate surface area is 137 Å². The van der Waals surface area contributed by atoms with Crippen molar-refractivity contribution in [2.24, 2.45) is 0 Å². The first-order valence-corrected chi connectivity index (χ1v) is 7.82. The largest absolute Gasteiger partial charge is 0.494 e. The second-order valence-corrected chi connectivity index (χ2v) is 5.58. The Balaban J connectivity index is 1.93. The first kappa shape index (κ1) is 17.1. The van der Waals surface area contributed by atoms with Crippen LogP contribution in [0, 0.1) is 0 Å². The van der Waals surface area contributed by atoms with Gasteiger partial charge in [-0.25, -0.2) is 0 Å². The Bertz CT molecular complexity index is 591. The van der Waals surface area contributed by atoms with Crippen molar-refractivity contribution in [1.29, 1.82) is 0 Å². The third kappa shape index (κ3) is 4.86. The van der Waals surface area contributed by atoms with Crippen molar-refractivity contribution in [2.75, 3.05) is 27.2 Å². The van der Waals surface area contributed by atoms with E-state index in [1.807, 2.05) is 43.3 Å². The Morgan fingerprint density at radius 1 is 1.26 bits per heavy atom. The third-order valence-electron chi connectivity index (χ3n) is 3.54. The molecule has 1 N–H and O–H groups in total. The lowest BCUT2D eigenvalue weighted by Gasteiger charge is -2.22. The second kappa shape index (κ2) is 8.39. The first-order chi connectivity index (χ1) is 11.1. The van der Waals surface area contributed by atoms with Gasteiger partial charge in [0, 0.05) is 12.1 Å². The summed E-state index contributed by atoms with van der Waals surface area (Å²) in [6, 6.07) is 11.0. The average Bonchev–Trinajstić information content (AvgIpc) is 3.07. The van der Waals surface area contributed by atoms with Crippen molar-refractivity contribution < 1.29 is 13.9 Å². The van der Waals surface area contributed by atoms with Crippen molar-refractivity contribution in [1.82, 2.24) is 10.2 Å². The summed E-state index contributed by atoms with van der Waals surface area (Å²) >= 11 is 0. The van der Waals surface area contributed by atoms with E-state index in [-0.39, 0.29) is 11.9 Å². The lowest BCUT2D eigenvalue weighted by Crippen LogP contribution is -2.34. The molecule has 2 rings (SSSR count). The fraction of sp³-hybridized carbons (Fsp3) is 0.389. The molecule has 0 saturated carbocycles. The fourth-order valence-corrected chi connectivity index (χ4v) is 2.23. The van der Waals surface area contributed by atoms with Crippen LogP contribution in [0.5, 0.6) is 5.75 Å². The maximum absolute atomic E-state index is 12.3. The summed E-state index contributed by atoms with van der Waals surface area (Å²) in [5.41, 5.74) is 0.616. The van der Waals surface area contributed by atoms with Crippen LogP contribution in [0.4, 0.5) is 0 Å². The number of furan rings is 1. The quantitative estimate of drug-likeness (QED) is 0.813. The molecule has 1 aromatic carbocycles. The molecule has 0 spiro atoms. The molecule has 1 aromatic heterocycles. The standard InChI is InChI=1S/C18H24N2O3/c1-4-11-22-15-9-7-14(8-10-15)18(21)19-13-16(20(2)3)17-6-5-12-23-17/h5-10,12,16H,4,11,13H2,1-3H3,(H,19,21)/t16-/m0/s1. The van der Waals surface area contributed by atoms with Gasteiger partial charge in [0.2, 0.25) is 0 Å². The fourth-order valence-electron chi connectivity index (χ4n) is 2.23. The number of ether oxygens (including phenoxy) is 1. The van der Waals surface area contributed by atoms with Gasteiger partial charge >= 0.3 is 0 Å². The number of nitrogens with one attached hydrogen (secondary N) is 1. The van der Waals surface area contributed by atoms with E-state index in [9.17, 15) is 4.79 Å². The number of nitrogens with zero attached hydrogens (tertiary/aromatic N) is 1. The third-order valence-corrected chi connectivity index (χ3v) is 3.54. The van der Waals surface area contributed by atoms with E-state index in [1.54, 1.807) is 18.4 Å². The highest BCUT2D eigenvalue weighted by Crippen LogP contribution is 2.18. The summed E-state index contributed by atoms with van der Waals surface area (Å²) in [5.74, 6) is 1.51. The van der Waals surface area contributed by atoms with Gasteiger partial charge in [-0.05, 0) is 56.9 Å². The van der Waals surface area contributed by atoms with E-state index in [4.69, 9.17) is 9.15 Å². The topological polar surface area (TPSA) is 54.7 Å². The lowest BCUT2D eigenvalue weighted by molar-refractivity contribution is 0.0939. The highest BCUT2D eigenvalue weighted by Gasteiger charge is 2.18. The molecule has 5 nitrogen and oxygen atoms in total. The van der Waals surface area contributed by atoms with E-state index in [0.29, 0.717) is 18.7 Å². The number of carbonyl (C=O) groups excluding carboxylic acids is 1. The maximum Gasteiger partial charge on any atom is 0.251 e. The van der Waals surface area contributed by atoms with E-state index >= 15 is 0 Å². The summed E-state index contributed by atoms with van der Waals surface area (Å²) < 4.78 is 11.0. The van der Waals surface area contributed by atoms with Crippen LogP contribution >= 0.6 is 0 Å². The Morgan fingerprint density at radius 2 is 2.00 bits per heavy atom. The Morgan fingerprint density at radius 3 is 2.57 bits per heavy atom. The molecule has 0 unspecified atom stereocenters. The van der Waals surface area contributed by atoms with Gasteiger partial charge < -0.3 is 14.5 Å². The normalized spacial score (nSPS) is 12.2. The molecule has 23 heavy (non-hydrogen) atoms. The Hall–Kier alpha value is -2.27. The number of likely N-dealkylation sites (N-methyl/N-ethyl adjacent to an activating group) is 1. The van der Waals surface area contributed by atoms with Crippen molar-refractivity contribution >= 4 is 5.91 Å². The van der Waals surface area contributed by atoms with Crippen LogP contribution < -0.4 is 10.1 Å². The predicted octanol–water partition coefficient (Wildman–Crippen LogP) is 3.10. The number of benzene rings is 1. The van der Waals surface area contributed by atoms with Crippen molar-refractivity contribution in [3.05, 3.63) is 54.0 Å². The lowest BCUT2D eigenvalue weighted by atomic mass is 10.1. The van der Waals surface area contributed by atoms with Gasteiger partial charge in [-0.1, -0.05) is 6.92 Å². The van der Waals surface area contributed by atoms with Gasteiger partial charge in [-0.3, -0.25) is 9.69 Å². The SMILES string of the molecule is CCCOc1ccc(C(=O)NC[C@@H](c2ccco2)N(C)C)cc1. The van der Waals surface area contributed by atoms with Gasteiger partial charge in [-0.15, -0.1) is 0 Å². The van der Waals surface area contributed by atoms with Crippen LogP contribution in [0.25, 0.3) is 0 Å². The average molecular weight is 316 g/mol. The maximum atomic E-state index is 12.3. The zero-order valence-corrected chi connectivity index (χ0v) is 13.9. The van der Waals surface area contributed by atoms with Gasteiger partial charge in [0.05, 0.1) is 18.9 Å². The highest BCUT2D eigenvalue weighted by atomic mass is 16.5. The summed E-state index contributed by atoms with van der Waals surface area (Å²) in [6.45, 7) is 3.22. The molecule has 0 radical (unpaired) electrons. The molecule has 2 aromatic rings. The van der Waals surface area contributed by atoms with Crippen LogP contribution in [0.15, 0.2) is 47.1 Å². The van der Waals surface area contributed by atoms with E-state index in [1.165, 1.54) is 0 Å². The molecule has 124 valence electrons. The zero-order valence-electron chi connectivity index (χ0n) is 13.9. The molecule has 1 atom stereocenters. The number of hydrogen-bond donors (Lipinski definition) is 1. The number of carbonyl (C=O) groups is 1. The van der Waals surface area contributed by atoms with Crippen LogP contribution in [0.1, 0.15) is 35.5 Å². The van der Waals surface area contributed by atoms with Crippen molar-refractivity contribution in [2.45, 2.75) is 19.4 Å². The minimum absolute atomic E-state index is 0.00103. The molecule has 0 bridgehead atoms. The van der Waals surface area contributed by atoms with Gasteiger partial charge in [0.1, 0.15) is 11.5 Å². The molecule has 1 amide bonds. The molecular weight excluding hydrogens is 292 g/mol. The number of rotatable bonds is 8. The molecule has 0 saturated heterocycles. The number of amides is 1. The molecule has 0 aliphatic carbocycles. The van der Waals surface area contributed by atoms with Crippen molar-refractivity contribution in [3.63, 3.8) is 0 Å². The highest BCUT2D eigenvalue weighted by molar-refractivity contribution is 5.94. The smallest absolute Gasteiger partial charge is 0.251 e. The zero-order chi connectivity index (χ0) is 16.7. The Kier molecular flexibility index (Phi) is 6.23. The monoisotopic (exact) mass is 316 g/mol. The molecule has 1 heterocycles. The summed E-state index contributed by atoms with van der Waals surface area (Å²) in [5, 5.41) is 2.95. The summed E-state index contributed by atoms with van der Waals surface area (Å²) in [7, 11) is 3.92. The van der Waals surface area contributed by atoms with Gasteiger partial charge in [0.25, 0.3) is 5.91 Å². The molecule has 5 heteroatoms. The van der Waals surface area contributed by atoms with Crippen LogP contribution in [-0.4, -0.2) is 38.1 Å². The second-order valence-electron chi connectivity index (χ2n) is 5.58. The molecule has 0 fully saturated rings. The van der Waals surface area contributed by atoms with Gasteiger partial charge in [-0.2, -0.15) is 0 Å². The molecule has 0 aliphatic heterocycles. The first-order valence-electron chi connectivity index (χ1n) is 7.82.